The number of anilines is 1. The number of hydrogen-bond acceptors (Lipinski definition) is 4. The van der Waals surface area contributed by atoms with Gasteiger partial charge in [0.2, 0.25) is 0 Å². The molecule has 0 saturated heterocycles. The van der Waals surface area contributed by atoms with E-state index in [9.17, 15) is 13.0 Å². The Hall–Kier alpha value is -1.07. The number of nitrogens with one attached hydrogen (secondary N) is 1. The molecule has 0 bridgehead atoms. The Morgan fingerprint density at radius 1 is 1.21 bits per heavy atom. The maximum absolute atomic E-state index is 10.3. The highest BCUT2D eigenvalue weighted by atomic mass is 32.2. The van der Waals surface area contributed by atoms with Crippen LogP contribution in [-0.4, -0.2) is 25.3 Å². The van der Waals surface area contributed by atoms with Crippen LogP contribution in [0.25, 0.3) is 0 Å². The van der Waals surface area contributed by atoms with Gasteiger partial charge in [0.15, 0.2) is 0 Å². The predicted molar refractivity (Wildman–Crippen MR) is 54.1 cm³/mol. The van der Waals surface area contributed by atoms with E-state index in [4.69, 9.17) is 0 Å². The fourth-order valence-corrected chi connectivity index (χ4v) is 1.54. The topological polar surface area (TPSA) is 69.2 Å². The Morgan fingerprint density at radius 2 is 1.86 bits per heavy atom. The van der Waals surface area contributed by atoms with Crippen molar-refractivity contribution in [2.24, 2.45) is 0 Å². The van der Waals surface area contributed by atoms with Gasteiger partial charge in [-0.25, -0.2) is 8.42 Å². The number of benzene rings is 1. The molecule has 0 aromatic heterocycles. The average molecular weight is 214 g/mol. The van der Waals surface area contributed by atoms with E-state index in [1.807, 2.05) is 30.3 Å². The third kappa shape index (κ3) is 4.84. The van der Waals surface area contributed by atoms with Gasteiger partial charge in [0, 0.05) is 18.0 Å². The summed E-state index contributed by atoms with van der Waals surface area (Å²) in [5, 5.41) is 3.01. The first-order valence-electron chi connectivity index (χ1n) is 4.30. The molecule has 1 aromatic carbocycles. The lowest BCUT2D eigenvalue weighted by molar-refractivity contribution is 0.462. The van der Waals surface area contributed by atoms with Crippen LogP contribution in [0.3, 0.4) is 0 Å². The highest BCUT2D eigenvalue weighted by molar-refractivity contribution is 7.85. The molecule has 0 amide bonds. The van der Waals surface area contributed by atoms with E-state index in [1.165, 1.54) is 0 Å². The lowest BCUT2D eigenvalue weighted by atomic mass is 10.3. The lowest BCUT2D eigenvalue weighted by Crippen LogP contribution is -2.10. The summed E-state index contributed by atoms with van der Waals surface area (Å²) in [6, 6.07) is 9.42. The van der Waals surface area contributed by atoms with E-state index >= 15 is 0 Å². The minimum absolute atomic E-state index is 0.313. The standard InChI is InChI=1S/C9H13NO3S/c11-14(12,13)8-4-7-10-9-5-2-1-3-6-9/h1-3,5-6,10H,4,7-8H2,(H,11,12,13)/p-1. The Bertz CT molecular complexity index is 361. The van der Waals surface area contributed by atoms with Crippen LogP contribution < -0.4 is 5.32 Å². The summed E-state index contributed by atoms with van der Waals surface area (Å²) in [6.45, 7) is 0.492. The molecule has 1 aromatic rings. The van der Waals surface area contributed by atoms with E-state index < -0.39 is 10.1 Å². The zero-order valence-corrected chi connectivity index (χ0v) is 8.46. The van der Waals surface area contributed by atoms with E-state index in [-0.39, 0.29) is 5.75 Å². The molecule has 0 heterocycles. The van der Waals surface area contributed by atoms with Crippen molar-refractivity contribution in [3.8, 4) is 0 Å². The second-order valence-electron chi connectivity index (χ2n) is 2.91. The van der Waals surface area contributed by atoms with Crippen molar-refractivity contribution >= 4 is 15.8 Å². The van der Waals surface area contributed by atoms with Gasteiger partial charge in [-0.2, -0.15) is 0 Å². The second kappa shape index (κ2) is 4.97. The first kappa shape index (κ1) is 11.0. The van der Waals surface area contributed by atoms with Crippen molar-refractivity contribution in [2.75, 3.05) is 17.6 Å². The molecule has 14 heavy (non-hydrogen) atoms. The van der Waals surface area contributed by atoms with Crippen LogP contribution in [-0.2, 0) is 10.1 Å². The first-order valence-corrected chi connectivity index (χ1v) is 5.88. The van der Waals surface area contributed by atoms with E-state index in [0.29, 0.717) is 13.0 Å². The second-order valence-corrected chi connectivity index (χ2v) is 4.43. The van der Waals surface area contributed by atoms with Gasteiger partial charge in [0.1, 0.15) is 0 Å². The molecule has 1 N–H and O–H groups in total. The molecule has 78 valence electrons. The van der Waals surface area contributed by atoms with Crippen molar-refractivity contribution in [1.82, 2.24) is 0 Å². The van der Waals surface area contributed by atoms with Gasteiger partial charge < -0.3 is 9.87 Å². The molecular weight excluding hydrogens is 202 g/mol. The van der Waals surface area contributed by atoms with E-state index in [1.54, 1.807) is 0 Å². The van der Waals surface area contributed by atoms with Crippen LogP contribution >= 0.6 is 0 Å². The first-order chi connectivity index (χ1) is 6.58. The molecule has 0 aliphatic rings. The fourth-order valence-electron chi connectivity index (χ4n) is 1.04. The summed E-state index contributed by atoms with van der Waals surface area (Å²) >= 11 is 0. The average Bonchev–Trinajstić information content (AvgIpc) is 2.13. The molecule has 0 unspecified atom stereocenters. The fraction of sp³-hybridized carbons (Fsp3) is 0.333. The van der Waals surface area contributed by atoms with Crippen molar-refractivity contribution in [3.63, 3.8) is 0 Å². The molecule has 0 saturated carbocycles. The summed E-state index contributed by atoms with van der Waals surface area (Å²) in [5.74, 6) is -0.313. The normalized spacial score (nSPS) is 11.2. The summed E-state index contributed by atoms with van der Waals surface area (Å²) in [5.41, 5.74) is 0.927. The molecule has 0 atom stereocenters. The highest BCUT2D eigenvalue weighted by Gasteiger charge is 1.94. The zero-order valence-electron chi connectivity index (χ0n) is 7.64. The molecule has 0 aliphatic heterocycles. The van der Waals surface area contributed by atoms with Gasteiger partial charge in [-0.1, -0.05) is 18.2 Å². The molecule has 0 fully saturated rings. The Labute approximate surface area is 83.7 Å². The Balaban J connectivity index is 2.23. The number of hydrogen-bond donors (Lipinski definition) is 1. The molecule has 4 nitrogen and oxygen atoms in total. The van der Waals surface area contributed by atoms with Crippen LogP contribution in [0.5, 0.6) is 0 Å². The van der Waals surface area contributed by atoms with E-state index in [0.717, 1.165) is 5.69 Å². The third-order valence-corrected chi connectivity index (χ3v) is 2.46. The lowest BCUT2D eigenvalue weighted by Gasteiger charge is -2.08. The molecule has 0 radical (unpaired) electrons. The van der Waals surface area contributed by atoms with Crippen molar-refractivity contribution in [3.05, 3.63) is 30.3 Å². The molecule has 5 heteroatoms. The zero-order chi connectivity index (χ0) is 10.4. The molecule has 1 rings (SSSR count). The quantitative estimate of drug-likeness (QED) is 0.587. The van der Waals surface area contributed by atoms with Gasteiger partial charge in [-0.05, 0) is 18.6 Å². The van der Waals surface area contributed by atoms with Crippen LogP contribution in [0.2, 0.25) is 0 Å². The SMILES string of the molecule is O=S(=O)([O-])CCCNc1ccccc1. The monoisotopic (exact) mass is 214 g/mol. The summed E-state index contributed by atoms with van der Waals surface area (Å²) < 4.78 is 30.8. The third-order valence-electron chi connectivity index (χ3n) is 1.67. The predicted octanol–water partition coefficient (Wildman–Crippen LogP) is 1.03. The van der Waals surface area contributed by atoms with Gasteiger partial charge in [-0.3, -0.25) is 0 Å². The summed E-state index contributed by atoms with van der Waals surface area (Å²) in [6.07, 6.45) is 0.334. The summed E-state index contributed by atoms with van der Waals surface area (Å²) in [7, 11) is -4.07. The molecule has 0 aliphatic carbocycles. The number of para-hydroxylation sites is 1. The largest absolute Gasteiger partial charge is 0.748 e. The maximum atomic E-state index is 10.3. The Morgan fingerprint density at radius 3 is 2.43 bits per heavy atom. The van der Waals surface area contributed by atoms with Crippen LogP contribution in [0.4, 0.5) is 5.69 Å². The highest BCUT2D eigenvalue weighted by Crippen LogP contribution is 2.04. The summed E-state index contributed by atoms with van der Waals surface area (Å²) in [4.78, 5) is 0. The Kier molecular flexibility index (Phi) is 3.91. The van der Waals surface area contributed by atoms with Crippen molar-refractivity contribution in [1.29, 1.82) is 0 Å². The molecular formula is C9H12NO3S-. The maximum Gasteiger partial charge on any atom is 0.0946 e. The van der Waals surface area contributed by atoms with Crippen LogP contribution in [0.1, 0.15) is 6.42 Å². The van der Waals surface area contributed by atoms with Gasteiger partial charge in [-0.15, -0.1) is 0 Å². The number of rotatable bonds is 5. The van der Waals surface area contributed by atoms with Gasteiger partial charge in [0.05, 0.1) is 10.1 Å². The van der Waals surface area contributed by atoms with Crippen molar-refractivity contribution < 1.29 is 13.0 Å². The van der Waals surface area contributed by atoms with Crippen LogP contribution in [0.15, 0.2) is 30.3 Å². The molecule has 0 spiro atoms. The smallest absolute Gasteiger partial charge is 0.0946 e. The van der Waals surface area contributed by atoms with Gasteiger partial charge >= 0.3 is 0 Å². The van der Waals surface area contributed by atoms with Crippen molar-refractivity contribution in [2.45, 2.75) is 6.42 Å². The minimum Gasteiger partial charge on any atom is -0.748 e. The van der Waals surface area contributed by atoms with E-state index in [2.05, 4.69) is 5.32 Å². The minimum atomic E-state index is -4.07. The van der Waals surface area contributed by atoms with Crippen LogP contribution in [0, 0.1) is 0 Å². The van der Waals surface area contributed by atoms with Gasteiger partial charge in [0.25, 0.3) is 0 Å².